The average Bonchev–Trinajstić information content (AvgIpc) is 2.61. The largest absolute Gasteiger partial charge is 0.256 e. The number of nitrogens with zero attached hydrogens (tertiary/aromatic N) is 1. The fraction of sp³-hybridized carbons (Fsp3) is 0. The van der Waals surface area contributed by atoms with Crippen molar-refractivity contribution in [2.24, 2.45) is 4.99 Å². The van der Waals surface area contributed by atoms with E-state index in [0.717, 1.165) is 26.9 Å². The molecule has 1 nitrogen and oxygen atoms in total. The molecule has 0 atom stereocenters. The molecule has 0 aliphatic carbocycles. The zero-order chi connectivity index (χ0) is 15.9. The maximum absolute atomic E-state index is 4.52. The molecule has 23 heavy (non-hydrogen) atoms. The summed E-state index contributed by atoms with van der Waals surface area (Å²) in [5.74, 6) is 6.42. The predicted molar refractivity (Wildman–Crippen MR) is 100 cm³/mol. The molecule has 3 aromatic rings. The van der Waals surface area contributed by atoms with E-state index in [-0.39, 0.29) is 0 Å². The molecule has 0 spiro atoms. The second-order valence-electron chi connectivity index (χ2n) is 4.94. The van der Waals surface area contributed by atoms with Crippen LogP contribution < -0.4 is 0 Å². The molecular formula is C21H14BrN. The van der Waals surface area contributed by atoms with Crippen LogP contribution in [0, 0.1) is 11.8 Å². The van der Waals surface area contributed by atoms with Crippen molar-refractivity contribution >= 4 is 27.8 Å². The molecule has 3 rings (SSSR count). The molecule has 0 saturated heterocycles. The van der Waals surface area contributed by atoms with Gasteiger partial charge < -0.3 is 0 Å². The van der Waals surface area contributed by atoms with Crippen LogP contribution in [-0.4, -0.2) is 6.21 Å². The van der Waals surface area contributed by atoms with Gasteiger partial charge in [0.25, 0.3) is 0 Å². The minimum absolute atomic E-state index is 0.916. The second kappa shape index (κ2) is 7.58. The minimum atomic E-state index is 0.916. The van der Waals surface area contributed by atoms with Crippen LogP contribution in [-0.2, 0) is 0 Å². The van der Waals surface area contributed by atoms with Crippen molar-refractivity contribution in [1.29, 1.82) is 0 Å². The summed E-state index contributed by atoms with van der Waals surface area (Å²) in [4.78, 5) is 4.52. The Balaban J connectivity index is 1.86. The van der Waals surface area contributed by atoms with Gasteiger partial charge >= 0.3 is 0 Å². The Morgan fingerprint density at radius 2 is 1.43 bits per heavy atom. The first kappa shape index (κ1) is 15.3. The summed E-state index contributed by atoms with van der Waals surface area (Å²) in [5, 5.41) is 0. The smallest absolute Gasteiger partial charge is 0.0630 e. The van der Waals surface area contributed by atoms with Crippen molar-refractivity contribution in [3.8, 4) is 11.8 Å². The van der Waals surface area contributed by atoms with Crippen LogP contribution in [0.5, 0.6) is 0 Å². The topological polar surface area (TPSA) is 12.4 Å². The summed E-state index contributed by atoms with van der Waals surface area (Å²) in [5.41, 5.74) is 3.90. The molecule has 0 unspecified atom stereocenters. The lowest BCUT2D eigenvalue weighted by Crippen LogP contribution is -1.87. The zero-order valence-electron chi connectivity index (χ0n) is 12.4. The van der Waals surface area contributed by atoms with E-state index in [1.165, 1.54) is 0 Å². The molecule has 2 heteroatoms. The molecule has 0 aliphatic rings. The molecule has 0 aromatic heterocycles. The fourth-order valence-corrected chi connectivity index (χ4v) is 2.32. The van der Waals surface area contributed by atoms with Gasteiger partial charge in [-0.25, -0.2) is 0 Å². The van der Waals surface area contributed by atoms with Crippen LogP contribution in [0.4, 0.5) is 5.69 Å². The highest BCUT2D eigenvalue weighted by Crippen LogP contribution is 2.17. The number of halogens is 1. The van der Waals surface area contributed by atoms with E-state index in [1.54, 1.807) is 0 Å². The summed E-state index contributed by atoms with van der Waals surface area (Å²) in [6.45, 7) is 0. The molecule has 0 bridgehead atoms. The summed E-state index contributed by atoms with van der Waals surface area (Å²) < 4.78 is 1.05. The number of aliphatic imine (C=N–C) groups is 1. The molecule has 110 valence electrons. The molecule has 0 N–H and O–H groups in total. The molecule has 0 fully saturated rings. The van der Waals surface area contributed by atoms with Crippen LogP contribution in [0.15, 0.2) is 88.3 Å². The Morgan fingerprint density at radius 1 is 0.739 bits per heavy atom. The van der Waals surface area contributed by atoms with Gasteiger partial charge in [-0.15, -0.1) is 0 Å². The van der Waals surface area contributed by atoms with Gasteiger partial charge in [-0.3, -0.25) is 4.99 Å². The van der Waals surface area contributed by atoms with Crippen molar-refractivity contribution in [3.63, 3.8) is 0 Å². The van der Waals surface area contributed by atoms with Gasteiger partial charge in [-0.05, 0) is 42.5 Å². The normalized spacial score (nSPS) is 10.3. The first-order valence-corrected chi connectivity index (χ1v) is 8.06. The Bertz CT molecular complexity index is 869. The summed E-state index contributed by atoms with van der Waals surface area (Å²) in [6, 6.07) is 25.9. The lowest BCUT2D eigenvalue weighted by Gasteiger charge is -1.98. The third-order valence-corrected chi connectivity index (χ3v) is 3.78. The van der Waals surface area contributed by atoms with Gasteiger partial charge in [0.2, 0.25) is 0 Å². The molecular weight excluding hydrogens is 346 g/mol. The van der Waals surface area contributed by atoms with E-state index >= 15 is 0 Å². The first-order valence-electron chi connectivity index (χ1n) is 7.27. The predicted octanol–water partition coefficient (Wildman–Crippen LogP) is 5.60. The summed E-state index contributed by atoms with van der Waals surface area (Å²) in [6.07, 6.45) is 1.86. The van der Waals surface area contributed by atoms with E-state index in [9.17, 15) is 0 Å². The maximum Gasteiger partial charge on any atom is 0.0630 e. The van der Waals surface area contributed by atoms with Crippen molar-refractivity contribution in [2.75, 3.05) is 0 Å². The minimum Gasteiger partial charge on any atom is -0.256 e. The molecule has 0 heterocycles. The Labute approximate surface area is 144 Å². The van der Waals surface area contributed by atoms with Crippen LogP contribution >= 0.6 is 15.9 Å². The first-order chi connectivity index (χ1) is 11.3. The maximum atomic E-state index is 4.52. The van der Waals surface area contributed by atoms with Gasteiger partial charge in [0.05, 0.1) is 5.69 Å². The molecule has 0 saturated carbocycles. The summed E-state index contributed by atoms with van der Waals surface area (Å²) in [7, 11) is 0. The fourth-order valence-electron chi connectivity index (χ4n) is 2.06. The quantitative estimate of drug-likeness (QED) is 0.417. The number of benzene rings is 3. The van der Waals surface area contributed by atoms with E-state index in [4.69, 9.17) is 0 Å². The van der Waals surface area contributed by atoms with Gasteiger partial charge in [-0.2, -0.15) is 0 Å². The number of rotatable bonds is 2. The molecule has 0 aliphatic heterocycles. The van der Waals surface area contributed by atoms with Gasteiger partial charge in [-0.1, -0.05) is 64.2 Å². The second-order valence-corrected chi connectivity index (χ2v) is 5.85. The van der Waals surface area contributed by atoms with Crippen LogP contribution in [0.3, 0.4) is 0 Å². The Hall–Kier alpha value is -2.63. The number of hydrogen-bond acceptors (Lipinski definition) is 1. The lowest BCUT2D eigenvalue weighted by molar-refractivity contribution is 1.50. The standard InChI is InChI=1S/C21H14BrN/c22-20-12-14-21(15-13-20)23-16-19-9-5-4-8-18(19)11-10-17-6-2-1-3-7-17/h1-9,12-16H. The van der Waals surface area contributed by atoms with Crippen LogP contribution in [0.1, 0.15) is 16.7 Å². The molecule has 0 amide bonds. The van der Waals surface area contributed by atoms with Crippen LogP contribution in [0.2, 0.25) is 0 Å². The van der Waals surface area contributed by atoms with Crippen molar-refractivity contribution in [1.82, 2.24) is 0 Å². The van der Waals surface area contributed by atoms with Gasteiger partial charge in [0.15, 0.2) is 0 Å². The van der Waals surface area contributed by atoms with E-state index in [1.807, 2.05) is 85.1 Å². The lowest BCUT2D eigenvalue weighted by atomic mass is 10.1. The van der Waals surface area contributed by atoms with Crippen LogP contribution in [0.25, 0.3) is 0 Å². The molecule has 3 aromatic carbocycles. The van der Waals surface area contributed by atoms with Crippen molar-refractivity contribution < 1.29 is 0 Å². The van der Waals surface area contributed by atoms with E-state index in [2.05, 4.69) is 32.8 Å². The monoisotopic (exact) mass is 359 g/mol. The van der Waals surface area contributed by atoms with Gasteiger partial charge in [0, 0.05) is 27.4 Å². The number of hydrogen-bond donors (Lipinski definition) is 0. The molecule has 0 radical (unpaired) electrons. The zero-order valence-corrected chi connectivity index (χ0v) is 14.0. The highest BCUT2D eigenvalue weighted by molar-refractivity contribution is 9.10. The SMILES string of the molecule is Brc1ccc(N=Cc2ccccc2C#Cc2ccccc2)cc1. The van der Waals surface area contributed by atoms with E-state index < -0.39 is 0 Å². The van der Waals surface area contributed by atoms with Gasteiger partial charge in [0.1, 0.15) is 0 Å². The highest BCUT2D eigenvalue weighted by atomic mass is 79.9. The van der Waals surface area contributed by atoms with Crippen molar-refractivity contribution in [2.45, 2.75) is 0 Å². The van der Waals surface area contributed by atoms with Crippen molar-refractivity contribution in [3.05, 3.63) is 100 Å². The Morgan fingerprint density at radius 3 is 2.22 bits per heavy atom. The Kier molecular flexibility index (Phi) is 5.03. The third kappa shape index (κ3) is 4.42. The average molecular weight is 360 g/mol. The highest BCUT2D eigenvalue weighted by Gasteiger charge is 1.96. The third-order valence-electron chi connectivity index (χ3n) is 3.26. The van der Waals surface area contributed by atoms with E-state index in [0.29, 0.717) is 0 Å². The summed E-state index contributed by atoms with van der Waals surface area (Å²) >= 11 is 3.43.